The zero-order chi connectivity index (χ0) is 11.1. The normalized spacial score (nSPS) is 15.6. The molecule has 0 aliphatic rings. The lowest BCUT2D eigenvalue weighted by atomic mass is 9.27. The molecule has 0 fully saturated rings. The first kappa shape index (κ1) is 14.1. The highest BCUT2D eigenvalue weighted by Crippen LogP contribution is 2.37. The minimum atomic E-state index is 0.898. The van der Waals surface area contributed by atoms with E-state index in [2.05, 4.69) is 41.5 Å². The topological polar surface area (TPSA) is 0 Å². The Balaban J connectivity index is 4.51. The van der Waals surface area contributed by atoms with Crippen molar-refractivity contribution in [3.8, 4) is 0 Å². The van der Waals surface area contributed by atoms with Gasteiger partial charge in [0, 0.05) is 0 Å². The lowest BCUT2D eigenvalue weighted by Gasteiger charge is -2.31. The molecule has 84 valence electrons. The van der Waals surface area contributed by atoms with Gasteiger partial charge >= 0.3 is 0 Å². The van der Waals surface area contributed by atoms with E-state index < -0.39 is 0 Å². The van der Waals surface area contributed by atoms with E-state index in [1.165, 1.54) is 25.7 Å². The molecule has 0 bridgehead atoms. The maximum Gasteiger partial charge on any atom is 0.148 e. The minimum Gasteiger partial charge on any atom is -0.0691 e. The van der Waals surface area contributed by atoms with Crippen LogP contribution >= 0.6 is 0 Å². The maximum absolute atomic E-state index is 2.44. The Morgan fingerprint density at radius 2 is 1.07 bits per heavy atom. The van der Waals surface area contributed by atoms with Crippen LogP contribution in [0.4, 0.5) is 0 Å². The van der Waals surface area contributed by atoms with E-state index in [-0.39, 0.29) is 0 Å². The van der Waals surface area contributed by atoms with Crippen molar-refractivity contribution in [2.75, 3.05) is 0 Å². The van der Waals surface area contributed by atoms with Crippen molar-refractivity contribution in [1.82, 2.24) is 0 Å². The molecule has 0 saturated heterocycles. The quantitative estimate of drug-likeness (QED) is 0.486. The molecule has 0 unspecified atom stereocenters. The van der Waals surface area contributed by atoms with Gasteiger partial charge in [0.2, 0.25) is 0 Å². The van der Waals surface area contributed by atoms with Crippen molar-refractivity contribution in [3.05, 3.63) is 0 Å². The summed E-state index contributed by atoms with van der Waals surface area (Å²) in [5.74, 6) is 2.74. The van der Waals surface area contributed by atoms with Gasteiger partial charge in [-0.25, -0.2) is 0 Å². The molecule has 0 rings (SSSR count). The molecule has 14 heavy (non-hydrogen) atoms. The molecule has 0 spiro atoms. The van der Waals surface area contributed by atoms with Crippen LogP contribution in [0.5, 0.6) is 0 Å². The van der Waals surface area contributed by atoms with Gasteiger partial charge in [0.05, 0.1) is 0 Å². The zero-order valence-electron chi connectivity index (χ0n) is 11.1. The molecule has 0 aliphatic carbocycles. The molecular weight excluding hydrogens is 167 g/mol. The number of rotatable bonds is 7. The maximum atomic E-state index is 2.44. The van der Waals surface area contributed by atoms with E-state index in [1.807, 2.05) is 0 Å². The lowest BCUT2D eigenvalue weighted by Crippen LogP contribution is -2.29. The standard InChI is InChI=1S/C13H29B/c1-7-11(5)14(12(6)8-2)13(9-3)10-4/h11-13H,7-10H2,1-6H3/t11-,12+. The molecule has 2 atom stereocenters. The van der Waals surface area contributed by atoms with Crippen molar-refractivity contribution in [2.45, 2.75) is 84.7 Å². The van der Waals surface area contributed by atoms with Gasteiger partial charge in [0.1, 0.15) is 6.71 Å². The van der Waals surface area contributed by atoms with Crippen LogP contribution in [0, 0.1) is 0 Å². The zero-order valence-corrected chi connectivity index (χ0v) is 11.1. The predicted octanol–water partition coefficient (Wildman–Crippen LogP) is 5.27. The Bertz CT molecular complexity index is 119. The smallest absolute Gasteiger partial charge is 0.0691 e. The van der Waals surface area contributed by atoms with Crippen LogP contribution in [-0.4, -0.2) is 6.71 Å². The first-order valence-corrected chi connectivity index (χ1v) is 6.62. The van der Waals surface area contributed by atoms with Crippen molar-refractivity contribution in [1.29, 1.82) is 0 Å². The third kappa shape index (κ3) is 3.67. The second-order valence-corrected chi connectivity index (χ2v) is 4.92. The summed E-state index contributed by atoms with van der Waals surface area (Å²) in [6.07, 6.45) is 5.39. The summed E-state index contributed by atoms with van der Waals surface area (Å²) in [4.78, 5) is 0. The van der Waals surface area contributed by atoms with Crippen molar-refractivity contribution >= 4 is 6.71 Å². The van der Waals surface area contributed by atoms with Crippen molar-refractivity contribution in [2.24, 2.45) is 0 Å². The molecule has 0 aromatic heterocycles. The van der Waals surface area contributed by atoms with Gasteiger partial charge in [0.25, 0.3) is 0 Å². The van der Waals surface area contributed by atoms with E-state index in [1.54, 1.807) is 0 Å². The van der Waals surface area contributed by atoms with E-state index in [0.29, 0.717) is 0 Å². The summed E-state index contributed by atoms with van der Waals surface area (Å²) >= 11 is 0. The first-order chi connectivity index (χ1) is 6.62. The second kappa shape index (κ2) is 7.37. The highest BCUT2D eigenvalue weighted by Gasteiger charge is 2.31. The molecule has 0 aromatic carbocycles. The van der Waals surface area contributed by atoms with Crippen molar-refractivity contribution in [3.63, 3.8) is 0 Å². The fourth-order valence-corrected chi connectivity index (χ4v) is 2.87. The number of hydrogen-bond acceptors (Lipinski definition) is 0. The summed E-state index contributed by atoms with van der Waals surface area (Å²) in [5.41, 5.74) is 0. The molecule has 0 nitrogen and oxygen atoms in total. The van der Waals surface area contributed by atoms with Gasteiger partial charge in [-0.1, -0.05) is 84.7 Å². The van der Waals surface area contributed by atoms with Crippen LogP contribution in [-0.2, 0) is 0 Å². The Morgan fingerprint density at radius 3 is 1.29 bits per heavy atom. The second-order valence-electron chi connectivity index (χ2n) is 4.92. The van der Waals surface area contributed by atoms with Crippen LogP contribution in [0.3, 0.4) is 0 Å². The minimum absolute atomic E-state index is 0.898. The first-order valence-electron chi connectivity index (χ1n) is 6.62. The highest BCUT2D eigenvalue weighted by atomic mass is 14.1. The molecule has 0 aliphatic heterocycles. The van der Waals surface area contributed by atoms with Gasteiger partial charge in [-0.2, -0.15) is 0 Å². The van der Waals surface area contributed by atoms with Gasteiger partial charge in [0.15, 0.2) is 0 Å². The van der Waals surface area contributed by atoms with Crippen molar-refractivity contribution < 1.29 is 0 Å². The van der Waals surface area contributed by atoms with Gasteiger partial charge in [-0.05, 0) is 0 Å². The van der Waals surface area contributed by atoms with Gasteiger partial charge in [-0.15, -0.1) is 0 Å². The average Bonchev–Trinajstić information content (AvgIpc) is 2.23. The summed E-state index contributed by atoms with van der Waals surface area (Å²) in [5, 5.41) is 0. The summed E-state index contributed by atoms with van der Waals surface area (Å²) in [6.45, 7) is 15.2. The van der Waals surface area contributed by atoms with Gasteiger partial charge in [-0.3, -0.25) is 0 Å². The van der Waals surface area contributed by atoms with Crippen LogP contribution in [0.1, 0.15) is 67.2 Å². The molecule has 0 aromatic rings. The van der Waals surface area contributed by atoms with E-state index >= 15 is 0 Å². The molecule has 1 heteroatoms. The predicted molar refractivity (Wildman–Crippen MR) is 69.5 cm³/mol. The summed E-state index contributed by atoms with van der Waals surface area (Å²) in [7, 11) is 0. The monoisotopic (exact) mass is 196 g/mol. The Labute approximate surface area is 91.9 Å². The third-order valence-electron chi connectivity index (χ3n) is 4.20. The summed E-state index contributed by atoms with van der Waals surface area (Å²) in [6, 6.07) is 0. The molecule has 0 saturated carbocycles. The third-order valence-corrected chi connectivity index (χ3v) is 4.20. The van der Waals surface area contributed by atoms with Crippen LogP contribution in [0.15, 0.2) is 0 Å². The van der Waals surface area contributed by atoms with Crippen LogP contribution in [0.2, 0.25) is 17.5 Å². The largest absolute Gasteiger partial charge is 0.148 e. The van der Waals surface area contributed by atoms with E-state index in [9.17, 15) is 0 Å². The summed E-state index contributed by atoms with van der Waals surface area (Å²) < 4.78 is 0. The molecule has 0 radical (unpaired) electrons. The average molecular weight is 196 g/mol. The number of hydrogen-bond donors (Lipinski definition) is 0. The fraction of sp³-hybridized carbons (Fsp3) is 1.00. The molecular formula is C13H29B. The van der Waals surface area contributed by atoms with E-state index in [4.69, 9.17) is 0 Å². The van der Waals surface area contributed by atoms with Gasteiger partial charge < -0.3 is 0 Å². The Morgan fingerprint density at radius 1 is 0.714 bits per heavy atom. The Kier molecular flexibility index (Phi) is 7.40. The van der Waals surface area contributed by atoms with Crippen LogP contribution < -0.4 is 0 Å². The highest BCUT2D eigenvalue weighted by molar-refractivity contribution is 6.63. The lowest BCUT2D eigenvalue weighted by molar-refractivity contribution is 0.676. The van der Waals surface area contributed by atoms with Crippen LogP contribution in [0.25, 0.3) is 0 Å². The fourth-order valence-electron chi connectivity index (χ4n) is 2.87. The molecule has 0 amide bonds. The SMILES string of the molecule is CCC(CC)B([C@H](C)CC)[C@@H](C)CC. The molecule has 0 heterocycles. The Hall–Kier alpha value is 0.0649. The van der Waals surface area contributed by atoms with E-state index in [0.717, 1.165) is 24.2 Å². The molecule has 0 N–H and O–H groups in total.